The Bertz CT molecular complexity index is 331. The van der Waals surface area contributed by atoms with Crippen molar-refractivity contribution < 1.29 is 14.6 Å². The third-order valence-corrected chi connectivity index (χ3v) is 1.34. The van der Waals surface area contributed by atoms with Gasteiger partial charge in [-0.2, -0.15) is 0 Å². The van der Waals surface area contributed by atoms with Crippen molar-refractivity contribution in [1.29, 1.82) is 5.41 Å². The first kappa shape index (κ1) is 12.8. The summed E-state index contributed by atoms with van der Waals surface area (Å²) in [5.41, 5.74) is 9.21. The molecule has 0 aliphatic carbocycles. The van der Waals surface area contributed by atoms with E-state index >= 15 is 0 Å². The van der Waals surface area contributed by atoms with E-state index in [0.29, 0.717) is 5.75 Å². The number of nitrogens with one attached hydrogen (secondary N) is 1. The maximum atomic E-state index is 10.4. The summed E-state index contributed by atoms with van der Waals surface area (Å²) in [4.78, 5) is 10.4. The van der Waals surface area contributed by atoms with E-state index in [1.807, 2.05) is 0 Å². The van der Waals surface area contributed by atoms with Crippen molar-refractivity contribution >= 4 is 11.9 Å². The number of benzene rings is 1. The third-order valence-electron chi connectivity index (χ3n) is 1.34. The first-order valence-electron chi connectivity index (χ1n) is 3.94. The number of methoxy groups -OCH3 is 1. The Morgan fingerprint density at radius 3 is 2.00 bits per heavy atom. The van der Waals surface area contributed by atoms with Gasteiger partial charge in [-0.15, -0.1) is 0 Å². The van der Waals surface area contributed by atoms with Crippen molar-refractivity contribution in [3.05, 3.63) is 29.8 Å². The van der Waals surface area contributed by atoms with E-state index in [2.05, 4.69) is 11.5 Å². The van der Waals surface area contributed by atoms with E-state index < -0.39 is 5.97 Å². The third kappa shape index (κ3) is 5.92. The Hall–Kier alpha value is -2.24. The second-order valence-electron chi connectivity index (χ2n) is 2.49. The molecule has 15 heavy (non-hydrogen) atoms. The number of guanidine groups is 1. The lowest BCUT2D eigenvalue weighted by Crippen LogP contribution is -2.20. The van der Waals surface area contributed by atoms with E-state index in [4.69, 9.17) is 15.3 Å². The van der Waals surface area contributed by atoms with Gasteiger partial charge >= 0.3 is 5.97 Å². The minimum absolute atomic E-state index is 0.269. The van der Waals surface area contributed by atoms with Crippen LogP contribution in [0.3, 0.4) is 0 Å². The molecule has 1 aromatic rings. The molecule has 1 rings (SSSR count). The molecule has 6 nitrogen and oxygen atoms in total. The first-order chi connectivity index (χ1) is 6.97. The lowest BCUT2D eigenvalue weighted by Gasteiger charge is -1.98. The molecule has 0 aromatic heterocycles. The van der Waals surface area contributed by atoms with Crippen molar-refractivity contribution in [3.63, 3.8) is 0 Å². The highest BCUT2D eigenvalue weighted by molar-refractivity contribution is 5.87. The van der Waals surface area contributed by atoms with Crippen LogP contribution in [-0.4, -0.2) is 24.1 Å². The number of carboxylic acids is 1. The lowest BCUT2D eigenvalue weighted by atomic mass is 10.2. The number of rotatable bonds is 2. The first-order valence-corrected chi connectivity index (χ1v) is 3.94. The van der Waals surface area contributed by atoms with E-state index in [-0.39, 0.29) is 11.5 Å². The number of hydrogen-bond acceptors (Lipinski definition) is 3. The minimum Gasteiger partial charge on any atom is -0.497 e. The maximum absolute atomic E-state index is 10.4. The summed E-state index contributed by atoms with van der Waals surface area (Å²) in [6.45, 7) is 0. The number of carboxylic acid groups (broad SMARTS) is 1. The zero-order chi connectivity index (χ0) is 11.8. The fraction of sp³-hybridized carbons (Fsp3) is 0.111. The molecule has 0 aliphatic rings. The highest BCUT2D eigenvalue weighted by Crippen LogP contribution is 2.10. The molecule has 0 aliphatic heterocycles. The van der Waals surface area contributed by atoms with Gasteiger partial charge in [0.2, 0.25) is 0 Å². The Morgan fingerprint density at radius 1 is 1.33 bits per heavy atom. The van der Waals surface area contributed by atoms with Gasteiger partial charge in [0, 0.05) is 0 Å². The zero-order valence-electron chi connectivity index (χ0n) is 8.23. The predicted octanol–water partition coefficient (Wildman–Crippen LogP) is 0.232. The van der Waals surface area contributed by atoms with Gasteiger partial charge in [0.15, 0.2) is 5.96 Å². The van der Waals surface area contributed by atoms with Crippen LogP contribution in [0.15, 0.2) is 24.3 Å². The van der Waals surface area contributed by atoms with Crippen LogP contribution in [0.5, 0.6) is 5.75 Å². The van der Waals surface area contributed by atoms with Crippen LogP contribution in [0, 0.1) is 5.41 Å². The monoisotopic (exact) mass is 211 g/mol. The Balaban J connectivity index is 0.000000423. The molecule has 0 spiro atoms. The van der Waals surface area contributed by atoms with Crippen LogP contribution in [0.1, 0.15) is 10.4 Å². The molecule has 0 atom stereocenters. The quantitative estimate of drug-likeness (QED) is 0.412. The van der Waals surface area contributed by atoms with Crippen molar-refractivity contribution in [1.82, 2.24) is 0 Å². The predicted molar refractivity (Wildman–Crippen MR) is 56.1 cm³/mol. The SMILES string of the molecule is COc1ccc(C(=O)O)cc1.N=C(N)N. The second-order valence-corrected chi connectivity index (χ2v) is 2.49. The number of hydrogen-bond donors (Lipinski definition) is 4. The van der Waals surface area contributed by atoms with Crippen LogP contribution < -0.4 is 16.2 Å². The summed E-state index contributed by atoms with van der Waals surface area (Å²) in [5, 5.41) is 14.6. The van der Waals surface area contributed by atoms with Gasteiger partial charge in [-0.3, -0.25) is 5.41 Å². The van der Waals surface area contributed by atoms with Gasteiger partial charge in [-0.25, -0.2) is 4.79 Å². The van der Waals surface area contributed by atoms with Crippen LogP contribution >= 0.6 is 0 Å². The van der Waals surface area contributed by atoms with Gasteiger partial charge in [0.1, 0.15) is 5.75 Å². The van der Waals surface area contributed by atoms with Gasteiger partial charge in [0.25, 0.3) is 0 Å². The second kappa shape index (κ2) is 6.25. The molecular formula is C9H13N3O3. The number of nitrogens with two attached hydrogens (primary N) is 2. The maximum Gasteiger partial charge on any atom is 0.335 e. The van der Waals surface area contributed by atoms with Gasteiger partial charge in [0.05, 0.1) is 12.7 Å². The van der Waals surface area contributed by atoms with Crippen LogP contribution in [0.2, 0.25) is 0 Å². The molecule has 0 heterocycles. The summed E-state index contributed by atoms with van der Waals surface area (Å²) < 4.78 is 4.86. The summed E-state index contributed by atoms with van der Waals surface area (Å²) in [6.07, 6.45) is 0. The molecule has 0 amide bonds. The molecule has 6 heteroatoms. The molecule has 82 valence electrons. The molecule has 0 radical (unpaired) electrons. The summed E-state index contributed by atoms with van der Waals surface area (Å²) >= 11 is 0. The molecule has 6 N–H and O–H groups in total. The lowest BCUT2D eigenvalue weighted by molar-refractivity contribution is 0.0697. The van der Waals surface area contributed by atoms with E-state index in [0.717, 1.165) is 0 Å². The molecular weight excluding hydrogens is 198 g/mol. The molecule has 0 saturated heterocycles. The van der Waals surface area contributed by atoms with Gasteiger partial charge in [-0.05, 0) is 24.3 Å². The normalized spacial score (nSPS) is 8.33. The smallest absolute Gasteiger partial charge is 0.335 e. The van der Waals surface area contributed by atoms with Crippen molar-refractivity contribution in [2.24, 2.45) is 11.5 Å². The number of ether oxygens (including phenoxy) is 1. The highest BCUT2D eigenvalue weighted by atomic mass is 16.5. The van der Waals surface area contributed by atoms with Gasteiger partial charge < -0.3 is 21.3 Å². The van der Waals surface area contributed by atoms with Crippen molar-refractivity contribution in [2.75, 3.05) is 7.11 Å². The average molecular weight is 211 g/mol. The van der Waals surface area contributed by atoms with Crippen LogP contribution in [0.25, 0.3) is 0 Å². The Kier molecular flexibility index (Phi) is 5.32. The zero-order valence-corrected chi connectivity index (χ0v) is 8.23. The summed E-state index contributed by atoms with van der Waals surface area (Å²) in [7, 11) is 1.54. The summed E-state index contributed by atoms with van der Waals surface area (Å²) in [6, 6.07) is 6.23. The van der Waals surface area contributed by atoms with Crippen LogP contribution in [-0.2, 0) is 0 Å². The summed E-state index contributed by atoms with van der Waals surface area (Å²) in [5.74, 6) is -0.595. The molecule has 0 unspecified atom stereocenters. The standard InChI is InChI=1S/C8H8O3.CH5N3/c1-11-7-4-2-6(3-5-7)8(9)10;2-1(3)4/h2-5H,1H3,(H,9,10);(H5,2,3,4). The van der Waals surface area contributed by atoms with E-state index in [9.17, 15) is 4.79 Å². The Morgan fingerprint density at radius 2 is 1.73 bits per heavy atom. The van der Waals surface area contributed by atoms with Crippen LogP contribution in [0.4, 0.5) is 0 Å². The number of aromatic carboxylic acids is 1. The fourth-order valence-electron chi connectivity index (χ4n) is 0.734. The minimum atomic E-state index is -0.923. The Labute approximate surface area is 87.0 Å². The van der Waals surface area contributed by atoms with Gasteiger partial charge in [-0.1, -0.05) is 0 Å². The van der Waals surface area contributed by atoms with E-state index in [1.54, 1.807) is 12.1 Å². The molecule has 0 bridgehead atoms. The molecule has 0 fully saturated rings. The topological polar surface area (TPSA) is 122 Å². The average Bonchev–Trinajstić information content (AvgIpc) is 2.17. The molecule has 0 saturated carbocycles. The largest absolute Gasteiger partial charge is 0.497 e. The molecule has 1 aromatic carbocycles. The van der Waals surface area contributed by atoms with Crippen molar-refractivity contribution in [3.8, 4) is 5.75 Å². The van der Waals surface area contributed by atoms with E-state index in [1.165, 1.54) is 19.2 Å². The number of carbonyl (C=O) groups is 1. The fourth-order valence-corrected chi connectivity index (χ4v) is 0.734. The highest BCUT2D eigenvalue weighted by Gasteiger charge is 2.00. The van der Waals surface area contributed by atoms with Crippen molar-refractivity contribution in [2.45, 2.75) is 0 Å².